The van der Waals surface area contributed by atoms with Crippen molar-refractivity contribution in [2.45, 2.75) is 11.3 Å². The van der Waals surface area contributed by atoms with E-state index in [0.29, 0.717) is 13.0 Å². The van der Waals surface area contributed by atoms with E-state index in [1.54, 1.807) is 11.8 Å². The van der Waals surface area contributed by atoms with Gasteiger partial charge in [-0.25, -0.2) is 0 Å². The van der Waals surface area contributed by atoms with Crippen LogP contribution in [0.25, 0.3) is 22.2 Å². The van der Waals surface area contributed by atoms with E-state index in [-0.39, 0.29) is 5.91 Å². The number of hydrogen-bond acceptors (Lipinski definition) is 2. The minimum atomic E-state index is 0.0639. The summed E-state index contributed by atoms with van der Waals surface area (Å²) in [5.74, 6) is 0.886. The van der Waals surface area contributed by atoms with Gasteiger partial charge in [0.1, 0.15) is 0 Å². The zero-order chi connectivity index (χ0) is 19.2. The Bertz CT molecular complexity index is 1060. The van der Waals surface area contributed by atoms with Crippen LogP contribution in [0, 0.1) is 0 Å². The van der Waals surface area contributed by atoms with Crippen molar-refractivity contribution in [2.75, 3.05) is 12.3 Å². The fourth-order valence-corrected chi connectivity index (χ4v) is 4.32. The highest BCUT2D eigenvalue weighted by Crippen LogP contribution is 2.37. The summed E-state index contributed by atoms with van der Waals surface area (Å²) >= 11 is 1.78. The molecule has 0 unspecified atom stereocenters. The summed E-state index contributed by atoms with van der Waals surface area (Å²) in [4.78, 5) is 16.9. The molecule has 0 saturated carbocycles. The average molecular weight is 387 g/mol. The zero-order valence-electron chi connectivity index (χ0n) is 15.5. The minimum Gasteiger partial charge on any atom is -0.355 e. The van der Waals surface area contributed by atoms with E-state index in [1.165, 1.54) is 15.8 Å². The lowest BCUT2D eigenvalue weighted by Gasteiger charge is -2.07. The highest BCUT2D eigenvalue weighted by atomic mass is 32.2. The van der Waals surface area contributed by atoms with Gasteiger partial charge in [-0.3, -0.25) is 4.79 Å². The lowest BCUT2D eigenvalue weighted by molar-refractivity contribution is -0.120. The molecule has 0 fully saturated rings. The molecule has 0 aliphatic rings. The van der Waals surface area contributed by atoms with Crippen molar-refractivity contribution < 1.29 is 4.79 Å². The molecule has 0 radical (unpaired) electrons. The van der Waals surface area contributed by atoms with Crippen LogP contribution in [0.3, 0.4) is 0 Å². The van der Waals surface area contributed by atoms with Crippen LogP contribution < -0.4 is 5.32 Å². The lowest BCUT2D eigenvalue weighted by Crippen LogP contribution is -2.27. The summed E-state index contributed by atoms with van der Waals surface area (Å²) in [6.07, 6.45) is 0.424. The molecule has 1 aromatic heterocycles. The smallest absolute Gasteiger partial charge is 0.224 e. The summed E-state index contributed by atoms with van der Waals surface area (Å²) in [5.41, 5.74) is 4.49. The molecule has 28 heavy (non-hydrogen) atoms. The third kappa shape index (κ3) is 4.29. The predicted octanol–water partition coefficient (Wildman–Crippen LogP) is 5.29. The van der Waals surface area contributed by atoms with Crippen LogP contribution >= 0.6 is 11.8 Å². The second-order valence-corrected chi connectivity index (χ2v) is 7.71. The molecule has 4 heteroatoms. The van der Waals surface area contributed by atoms with Gasteiger partial charge in [0, 0.05) is 28.1 Å². The third-order valence-corrected chi connectivity index (χ3v) is 5.72. The lowest BCUT2D eigenvalue weighted by atomic mass is 10.1. The first-order valence-corrected chi connectivity index (χ1v) is 10.4. The molecule has 2 N–H and O–H groups in total. The van der Waals surface area contributed by atoms with Gasteiger partial charge in [0.15, 0.2) is 0 Å². The topological polar surface area (TPSA) is 44.9 Å². The molecule has 0 aliphatic heterocycles. The van der Waals surface area contributed by atoms with E-state index in [1.807, 2.05) is 42.5 Å². The molecular weight excluding hydrogens is 364 g/mol. The van der Waals surface area contributed by atoms with Crippen molar-refractivity contribution in [2.24, 2.45) is 0 Å². The van der Waals surface area contributed by atoms with Crippen molar-refractivity contribution in [1.29, 1.82) is 0 Å². The van der Waals surface area contributed by atoms with Gasteiger partial charge in [-0.05, 0) is 17.2 Å². The van der Waals surface area contributed by atoms with Crippen molar-refractivity contribution in [3.8, 4) is 11.3 Å². The maximum atomic E-state index is 12.1. The standard InChI is InChI=1S/C24H22N2OS/c27-22(17-18-9-3-1-4-10-18)25-15-16-28-24-20-13-7-8-14-21(20)26-23(24)19-11-5-2-6-12-19/h1-14,26H,15-17H2,(H,25,27). The second kappa shape index (κ2) is 8.81. The van der Waals surface area contributed by atoms with E-state index in [0.717, 1.165) is 22.5 Å². The Hall–Kier alpha value is -2.98. The Balaban J connectivity index is 1.42. The molecule has 0 atom stereocenters. The third-order valence-electron chi connectivity index (χ3n) is 4.60. The largest absolute Gasteiger partial charge is 0.355 e. The fourth-order valence-electron chi connectivity index (χ4n) is 3.26. The quantitative estimate of drug-likeness (QED) is 0.335. The van der Waals surface area contributed by atoms with Gasteiger partial charge in [-0.1, -0.05) is 78.9 Å². The first-order chi connectivity index (χ1) is 13.8. The van der Waals surface area contributed by atoms with E-state index < -0.39 is 0 Å². The Labute approximate surface area is 169 Å². The number of fused-ring (bicyclic) bond motifs is 1. The van der Waals surface area contributed by atoms with Crippen LogP contribution in [0.4, 0.5) is 0 Å². The summed E-state index contributed by atoms with van der Waals surface area (Å²) in [6.45, 7) is 0.643. The number of aromatic nitrogens is 1. The number of benzene rings is 3. The molecule has 0 aliphatic carbocycles. The number of carbonyl (C=O) groups is 1. The molecule has 3 aromatic carbocycles. The minimum absolute atomic E-state index is 0.0639. The molecule has 0 spiro atoms. The second-order valence-electron chi connectivity index (χ2n) is 6.60. The number of carbonyl (C=O) groups excluding carboxylic acids is 1. The molecule has 4 rings (SSSR count). The number of thioether (sulfide) groups is 1. The fraction of sp³-hybridized carbons (Fsp3) is 0.125. The van der Waals surface area contributed by atoms with Crippen LogP contribution in [-0.2, 0) is 11.2 Å². The van der Waals surface area contributed by atoms with Crippen LogP contribution in [0.1, 0.15) is 5.56 Å². The van der Waals surface area contributed by atoms with Crippen molar-refractivity contribution in [3.05, 3.63) is 90.5 Å². The highest BCUT2D eigenvalue weighted by Gasteiger charge is 2.13. The van der Waals surface area contributed by atoms with E-state index in [2.05, 4.69) is 52.8 Å². The summed E-state index contributed by atoms with van der Waals surface area (Å²) < 4.78 is 0. The van der Waals surface area contributed by atoms with Gasteiger partial charge in [0.25, 0.3) is 0 Å². The number of para-hydroxylation sites is 1. The van der Waals surface area contributed by atoms with Gasteiger partial charge >= 0.3 is 0 Å². The SMILES string of the molecule is O=C(Cc1ccccc1)NCCSc1c(-c2ccccc2)[nH]c2ccccc12. The van der Waals surface area contributed by atoms with Gasteiger partial charge in [0.05, 0.1) is 12.1 Å². The maximum Gasteiger partial charge on any atom is 0.224 e. The first kappa shape index (κ1) is 18.4. The molecule has 3 nitrogen and oxygen atoms in total. The molecule has 1 amide bonds. The molecular formula is C24H22N2OS. The van der Waals surface area contributed by atoms with Crippen molar-refractivity contribution in [1.82, 2.24) is 10.3 Å². The van der Waals surface area contributed by atoms with E-state index >= 15 is 0 Å². The van der Waals surface area contributed by atoms with Gasteiger partial charge < -0.3 is 10.3 Å². The Morgan fingerprint density at radius 1 is 0.857 bits per heavy atom. The number of H-pyrrole nitrogens is 1. The normalized spacial score (nSPS) is 10.9. The predicted molar refractivity (Wildman–Crippen MR) is 118 cm³/mol. The van der Waals surface area contributed by atoms with Gasteiger partial charge in [0.2, 0.25) is 5.91 Å². The molecule has 4 aromatic rings. The maximum absolute atomic E-state index is 12.1. The molecule has 0 bridgehead atoms. The van der Waals surface area contributed by atoms with E-state index in [9.17, 15) is 4.79 Å². The summed E-state index contributed by atoms with van der Waals surface area (Å²) in [7, 11) is 0. The molecule has 0 saturated heterocycles. The Kier molecular flexibility index (Phi) is 5.78. The summed E-state index contributed by atoms with van der Waals surface area (Å²) in [5, 5.41) is 4.25. The Morgan fingerprint density at radius 2 is 1.54 bits per heavy atom. The van der Waals surface area contributed by atoms with Crippen molar-refractivity contribution >= 4 is 28.6 Å². The first-order valence-electron chi connectivity index (χ1n) is 9.41. The number of nitrogens with one attached hydrogen (secondary N) is 2. The zero-order valence-corrected chi connectivity index (χ0v) is 16.3. The number of aromatic amines is 1. The van der Waals surface area contributed by atoms with Crippen LogP contribution in [0.2, 0.25) is 0 Å². The van der Waals surface area contributed by atoms with Gasteiger partial charge in [-0.15, -0.1) is 11.8 Å². The highest BCUT2D eigenvalue weighted by molar-refractivity contribution is 7.99. The van der Waals surface area contributed by atoms with E-state index in [4.69, 9.17) is 0 Å². The van der Waals surface area contributed by atoms with Crippen molar-refractivity contribution in [3.63, 3.8) is 0 Å². The average Bonchev–Trinajstić information content (AvgIpc) is 3.11. The summed E-state index contributed by atoms with van der Waals surface area (Å²) in [6, 6.07) is 28.6. The number of amides is 1. The van der Waals surface area contributed by atoms with Crippen LogP contribution in [0.15, 0.2) is 89.8 Å². The van der Waals surface area contributed by atoms with Crippen LogP contribution in [0.5, 0.6) is 0 Å². The van der Waals surface area contributed by atoms with Crippen LogP contribution in [-0.4, -0.2) is 23.2 Å². The molecule has 1 heterocycles. The monoisotopic (exact) mass is 386 g/mol. The Morgan fingerprint density at radius 3 is 2.32 bits per heavy atom. The molecule has 140 valence electrons. The number of rotatable bonds is 7. The van der Waals surface area contributed by atoms with Gasteiger partial charge in [-0.2, -0.15) is 0 Å². The number of hydrogen-bond donors (Lipinski definition) is 2.